The largest absolute Gasteiger partial charge is 0.483 e. The zero-order valence-electron chi connectivity index (χ0n) is 12.1. The summed E-state index contributed by atoms with van der Waals surface area (Å²) in [7, 11) is 0. The lowest BCUT2D eigenvalue weighted by atomic mass is 10.1. The monoisotopic (exact) mass is 293 g/mol. The number of β-amino-alcohol motifs (C(OH)–C–C–N with tert-alkyl or cyclic N) is 1. The van der Waals surface area contributed by atoms with Gasteiger partial charge in [-0.2, -0.15) is 0 Å². The molecule has 21 heavy (non-hydrogen) atoms. The standard InChI is InChI=1S/C15H19NO5/c1-9-3-4-13(10(2)5-9)21-8-14(18)16-7-11(17)6-12(16)15(19)20/h3-5,11-12,17H,6-8H2,1-2H3,(H,19,20)/t11-,12-/m1/s1. The van der Waals surface area contributed by atoms with Crippen molar-refractivity contribution in [3.8, 4) is 5.75 Å². The second kappa shape index (κ2) is 6.13. The van der Waals surface area contributed by atoms with Crippen molar-refractivity contribution >= 4 is 11.9 Å². The Balaban J connectivity index is 1.99. The molecule has 0 unspecified atom stereocenters. The van der Waals surface area contributed by atoms with E-state index >= 15 is 0 Å². The van der Waals surface area contributed by atoms with E-state index in [1.54, 1.807) is 6.07 Å². The second-order valence-electron chi connectivity index (χ2n) is 5.35. The number of carboxylic acid groups (broad SMARTS) is 1. The van der Waals surface area contributed by atoms with Crippen LogP contribution in [0.3, 0.4) is 0 Å². The zero-order chi connectivity index (χ0) is 15.6. The summed E-state index contributed by atoms with van der Waals surface area (Å²) in [6, 6.07) is 4.63. The molecule has 0 aliphatic carbocycles. The highest BCUT2D eigenvalue weighted by Gasteiger charge is 2.38. The molecule has 1 saturated heterocycles. The van der Waals surface area contributed by atoms with Gasteiger partial charge in [-0.05, 0) is 25.5 Å². The first-order valence-electron chi connectivity index (χ1n) is 6.79. The van der Waals surface area contributed by atoms with Crippen molar-refractivity contribution in [1.29, 1.82) is 0 Å². The van der Waals surface area contributed by atoms with E-state index in [9.17, 15) is 14.7 Å². The first-order chi connectivity index (χ1) is 9.88. The first-order valence-corrected chi connectivity index (χ1v) is 6.79. The van der Waals surface area contributed by atoms with Crippen molar-refractivity contribution in [3.05, 3.63) is 29.3 Å². The molecule has 114 valence electrons. The highest BCUT2D eigenvalue weighted by Crippen LogP contribution is 2.21. The lowest BCUT2D eigenvalue weighted by Crippen LogP contribution is -2.43. The van der Waals surface area contributed by atoms with Crippen LogP contribution in [0.5, 0.6) is 5.75 Å². The molecule has 1 aromatic carbocycles. The molecule has 1 heterocycles. The molecule has 1 aliphatic heterocycles. The fourth-order valence-electron chi connectivity index (χ4n) is 2.51. The Morgan fingerprint density at radius 1 is 1.38 bits per heavy atom. The topological polar surface area (TPSA) is 87.1 Å². The van der Waals surface area contributed by atoms with Crippen LogP contribution in [0, 0.1) is 13.8 Å². The molecule has 0 bridgehead atoms. The van der Waals surface area contributed by atoms with Crippen molar-refractivity contribution in [2.45, 2.75) is 32.4 Å². The third-order valence-corrected chi connectivity index (χ3v) is 3.57. The summed E-state index contributed by atoms with van der Waals surface area (Å²) in [4.78, 5) is 24.3. The minimum atomic E-state index is -1.11. The van der Waals surface area contributed by atoms with E-state index in [1.165, 1.54) is 0 Å². The van der Waals surface area contributed by atoms with Crippen LogP contribution in [-0.2, 0) is 9.59 Å². The highest BCUT2D eigenvalue weighted by molar-refractivity contribution is 5.85. The Labute approximate surface area is 122 Å². The van der Waals surface area contributed by atoms with Crippen LogP contribution >= 0.6 is 0 Å². The summed E-state index contributed by atoms with van der Waals surface area (Å²) in [6.45, 7) is 3.64. The van der Waals surface area contributed by atoms with Crippen molar-refractivity contribution in [1.82, 2.24) is 4.90 Å². The van der Waals surface area contributed by atoms with Gasteiger partial charge in [0, 0.05) is 13.0 Å². The van der Waals surface area contributed by atoms with Crippen LogP contribution in [0.2, 0.25) is 0 Å². The van der Waals surface area contributed by atoms with E-state index in [4.69, 9.17) is 9.84 Å². The summed E-state index contributed by atoms with van der Waals surface area (Å²) in [6.07, 6.45) is -0.735. The van der Waals surface area contributed by atoms with Crippen molar-refractivity contribution in [3.63, 3.8) is 0 Å². The lowest BCUT2D eigenvalue weighted by molar-refractivity contribution is -0.149. The van der Waals surface area contributed by atoms with Gasteiger partial charge in [0.1, 0.15) is 11.8 Å². The number of hydrogen-bond acceptors (Lipinski definition) is 4. The van der Waals surface area contributed by atoms with Crippen LogP contribution in [0.1, 0.15) is 17.5 Å². The van der Waals surface area contributed by atoms with Gasteiger partial charge in [0.15, 0.2) is 6.61 Å². The number of carboxylic acids is 1. The number of aliphatic carboxylic acids is 1. The van der Waals surface area contributed by atoms with Gasteiger partial charge in [-0.1, -0.05) is 17.7 Å². The van der Waals surface area contributed by atoms with E-state index in [1.807, 2.05) is 26.0 Å². The van der Waals surface area contributed by atoms with E-state index < -0.39 is 24.0 Å². The minimum Gasteiger partial charge on any atom is -0.483 e. The Kier molecular flexibility index (Phi) is 4.47. The number of rotatable bonds is 4. The molecule has 2 atom stereocenters. The molecule has 0 spiro atoms. The zero-order valence-corrected chi connectivity index (χ0v) is 12.1. The summed E-state index contributed by atoms with van der Waals surface area (Å²) < 4.78 is 5.46. The number of hydrogen-bond donors (Lipinski definition) is 2. The van der Waals surface area contributed by atoms with Crippen molar-refractivity contribution in [2.24, 2.45) is 0 Å². The predicted octanol–water partition coefficient (Wildman–Crippen LogP) is 0.729. The Morgan fingerprint density at radius 3 is 2.71 bits per heavy atom. The molecule has 0 aromatic heterocycles. The molecular weight excluding hydrogens is 274 g/mol. The maximum atomic E-state index is 12.1. The quantitative estimate of drug-likeness (QED) is 0.854. The van der Waals surface area contributed by atoms with Crippen molar-refractivity contribution in [2.75, 3.05) is 13.2 Å². The fraction of sp³-hybridized carbons (Fsp3) is 0.467. The molecule has 1 fully saturated rings. The maximum Gasteiger partial charge on any atom is 0.326 e. The van der Waals surface area contributed by atoms with E-state index in [2.05, 4.69) is 0 Å². The minimum absolute atomic E-state index is 0.0338. The first kappa shape index (κ1) is 15.3. The van der Waals surface area contributed by atoms with Crippen molar-refractivity contribution < 1.29 is 24.5 Å². The number of nitrogens with zero attached hydrogens (tertiary/aromatic N) is 1. The Bertz CT molecular complexity index is 557. The number of aryl methyl sites for hydroxylation is 2. The van der Waals surface area contributed by atoms with Gasteiger partial charge in [0.2, 0.25) is 0 Å². The summed E-state index contributed by atoms with van der Waals surface area (Å²) in [5.74, 6) is -0.939. The summed E-state index contributed by atoms with van der Waals surface area (Å²) in [5, 5.41) is 18.6. The molecule has 0 radical (unpaired) electrons. The van der Waals surface area contributed by atoms with Crippen LogP contribution in [-0.4, -0.2) is 52.3 Å². The fourth-order valence-corrected chi connectivity index (χ4v) is 2.51. The van der Waals surface area contributed by atoms with Gasteiger partial charge in [-0.3, -0.25) is 4.79 Å². The summed E-state index contributed by atoms with van der Waals surface area (Å²) in [5.41, 5.74) is 2.01. The highest BCUT2D eigenvalue weighted by atomic mass is 16.5. The number of aliphatic hydroxyl groups excluding tert-OH is 1. The number of carbonyl (C=O) groups excluding carboxylic acids is 1. The molecule has 0 saturated carbocycles. The van der Waals surface area contributed by atoms with Gasteiger partial charge in [-0.25, -0.2) is 4.79 Å². The van der Waals surface area contributed by atoms with Gasteiger partial charge in [-0.15, -0.1) is 0 Å². The molecule has 1 aromatic rings. The van der Waals surface area contributed by atoms with Gasteiger partial charge < -0.3 is 19.8 Å². The van der Waals surface area contributed by atoms with Crippen LogP contribution in [0.15, 0.2) is 18.2 Å². The number of likely N-dealkylation sites (tertiary alicyclic amines) is 1. The number of carbonyl (C=O) groups is 2. The maximum absolute atomic E-state index is 12.1. The smallest absolute Gasteiger partial charge is 0.326 e. The number of ether oxygens (including phenoxy) is 1. The predicted molar refractivity (Wildman–Crippen MR) is 75.2 cm³/mol. The molecule has 2 rings (SSSR count). The number of benzene rings is 1. The Morgan fingerprint density at radius 2 is 2.10 bits per heavy atom. The molecule has 2 N–H and O–H groups in total. The third kappa shape index (κ3) is 3.52. The van der Waals surface area contributed by atoms with Crippen LogP contribution in [0.4, 0.5) is 0 Å². The number of amides is 1. The molecular formula is C15H19NO5. The van der Waals surface area contributed by atoms with E-state index in [0.29, 0.717) is 5.75 Å². The molecule has 6 nitrogen and oxygen atoms in total. The SMILES string of the molecule is Cc1ccc(OCC(=O)N2C[C@H](O)C[C@@H]2C(=O)O)c(C)c1. The second-order valence-corrected chi connectivity index (χ2v) is 5.35. The molecule has 1 aliphatic rings. The third-order valence-electron chi connectivity index (χ3n) is 3.57. The van der Waals surface area contributed by atoms with Gasteiger partial charge in [0.05, 0.1) is 6.10 Å². The van der Waals surface area contributed by atoms with Crippen LogP contribution in [0.25, 0.3) is 0 Å². The molecule has 6 heteroatoms. The normalized spacial score (nSPS) is 21.4. The summed E-state index contributed by atoms with van der Waals surface area (Å²) >= 11 is 0. The average molecular weight is 293 g/mol. The number of aliphatic hydroxyl groups is 1. The average Bonchev–Trinajstić information content (AvgIpc) is 2.80. The van der Waals surface area contributed by atoms with E-state index in [-0.39, 0.29) is 19.6 Å². The molecule has 1 amide bonds. The Hall–Kier alpha value is -2.08. The van der Waals surface area contributed by atoms with Gasteiger partial charge in [0.25, 0.3) is 5.91 Å². The van der Waals surface area contributed by atoms with Crippen LogP contribution < -0.4 is 4.74 Å². The van der Waals surface area contributed by atoms with E-state index in [0.717, 1.165) is 16.0 Å². The lowest BCUT2D eigenvalue weighted by Gasteiger charge is -2.21. The van der Waals surface area contributed by atoms with Gasteiger partial charge >= 0.3 is 5.97 Å².